The molecule has 0 unspecified atom stereocenters. The van der Waals surface area contributed by atoms with Crippen LogP contribution >= 0.6 is 0 Å². The Kier molecular flexibility index (Phi) is 9.31. The number of carbonyl (C=O) groups excluding carboxylic acids is 2. The van der Waals surface area contributed by atoms with Gasteiger partial charge in [-0.15, -0.1) is 5.53 Å². The van der Waals surface area contributed by atoms with Crippen molar-refractivity contribution < 1.29 is 24.2 Å². The van der Waals surface area contributed by atoms with Crippen LogP contribution in [0, 0.1) is 0 Å². The molecule has 0 saturated heterocycles. The number of nitrogens with two attached hydrogens (primary N) is 1. The highest BCUT2D eigenvalue weighted by molar-refractivity contribution is 5.74. The number of carboxylic acids is 1. The fraction of sp³-hybridized carbons (Fsp3) is 0.292. The fourth-order valence-electron chi connectivity index (χ4n) is 3.57. The molecule has 1 aliphatic heterocycles. The van der Waals surface area contributed by atoms with Crippen molar-refractivity contribution in [3.8, 4) is 0 Å². The molecular formula is C24H30N6O5. The van der Waals surface area contributed by atoms with Gasteiger partial charge < -0.3 is 31.6 Å². The molecule has 186 valence electrons. The fourth-order valence-corrected chi connectivity index (χ4v) is 3.57. The molecule has 3 rings (SSSR count). The third-order valence-electron chi connectivity index (χ3n) is 5.34. The summed E-state index contributed by atoms with van der Waals surface area (Å²) < 4.78 is 5.38. The van der Waals surface area contributed by atoms with Crippen molar-refractivity contribution >= 4 is 18.1 Å². The number of alkyl carbamates (subject to hydrolysis) is 1. The number of primary amides is 1. The van der Waals surface area contributed by atoms with Crippen molar-refractivity contribution in [1.29, 1.82) is 0 Å². The van der Waals surface area contributed by atoms with Crippen LogP contribution in [0.5, 0.6) is 0 Å². The minimum Gasteiger partial charge on any atom is -0.480 e. The van der Waals surface area contributed by atoms with Crippen molar-refractivity contribution in [2.45, 2.75) is 38.0 Å². The maximum Gasteiger partial charge on any atom is 0.408 e. The number of nitrogens with one attached hydrogen (secondary N) is 4. The van der Waals surface area contributed by atoms with Crippen LogP contribution in [0.1, 0.15) is 24.0 Å². The third-order valence-corrected chi connectivity index (χ3v) is 5.34. The molecule has 0 aliphatic carbocycles. The number of carbonyl (C=O) groups is 3. The van der Waals surface area contributed by atoms with Crippen molar-refractivity contribution in [3.63, 3.8) is 0 Å². The first-order chi connectivity index (χ1) is 16.9. The SMILES string of the molecule is NC(=O)NCCC[C@@H](C(=O)O)N1C=C([C@H](Cc2ccccc2)NC(=O)OCc2ccccc2)NN1. The van der Waals surface area contributed by atoms with Crippen LogP contribution in [0.15, 0.2) is 72.6 Å². The Morgan fingerprint density at radius 2 is 1.69 bits per heavy atom. The standard InChI is InChI=1S/C24H30N6O5/c25-23(33)26-13-7-12-21(22(31)32)30-15-20(28-29-30)19(14-17-8-3-1-4-9-17)27-24(34)35-16-18-10-5-2-6-11-18/h1-6,8-11,15,19,21,28-29H,7,12-14,16H2,(H,27,34)(H,31,32)(H3,25,26,33)/t19-,21-/m0/s1. The lowest BCUT2D eigenvalue weighted by molar-refractivity contribution is -0.143. The quantitative estimate of drug-likeness (QED) is 0.249. The average Bonchev–Trinajstić information content (AvgIpc) is 3.33. The van der Waals surface area contributed by atoms with Gasteiger partial charge in [0.15, 0.2) is 0 Å². The van der Waals surface area contributed by atoms with Crippen LogP contribution in [0.3, 0.4) is 0 Å². The van der Waals surface area contributed by atoms with E-state index < -0.39 is 30.2 Å². The van der Waals surface area contributed by atoms with Gasteiger partial charge in [-0.25, -0.2) is 14.4 Å². The molecule has 7 N–H and O–H groups in total. The number of urea groups is 1. The first-order valence-electron chi connectivity index (χ1n) is 11.2. The van der Waals surface area contributed by atoms with Gasteiger partial charge in [0.2, 0.25) is 0 Å². The summed E-state index contributed by atoms with van der Waals surface area (Å²) in [5, 5.41) is 16.4. The highest BCUT2D eigenvalue weighted by atomic mass is 16.5. The summed E-state index contributed by atoms with van der Waals surface area (Å²) in [4.78, 5) is 35.2. The lowest BCUT2D eigenvalue weighted by Crippen LogP contribution is -2.48. The number of rotatable bonds is 12. The molecule has 0 aromatic heterocycles. The predicted molar refractivity (Wildman–Crippen MR) is 128 cm³/mol. The number of aliphatic carboxylic acids is 1. The van der Waals surface area contributed by atoms with E-state index in [2.05, 4.69) is 21.6 Å². The van der Waals surface area contributed by atoms with Gasteiger partial charge in [0, 0.05) is 12.7 Å². The number of hydrogen-bond acceptors (Lipinski definition) is 7. The summed E-state index contributed by atoms with van der Waals surface area (Å²) in [6.07, 6.45) is 2.15. The second-order valence-electron chi connectivity index (χ2n) is 7.96. The smallest absolute Gasteiger partial charge is 0.408 e. The maximum absolute atomic E-state index is 12.6. The number of benzene rings is 2. The molecule has 0 spiro atoms. The molecule has 11 heteroatoms. The largest absolute Gasteiger partial charge is 0.480 e. The Hall–Kier alpha value is -4.25. The van der Waals surface area contributed by atoms with Gasteiger partial charge in [-0.1, -0.05) is 60.7 Å². The van der Waals surface area contributed by atoms with E-state index in [1.807, 2.05) is 60.7 Å². The van der Waals surface area contributed by atoms with E-state index in [1.165, 1.54) is 5.01 Å². The van der Waals surface area contributed by atoms with E-state index in [1.54, 1.807) is 6.20 Å². The molecule has 2 aromatic rings. The van der Waals surface area contributed by atoms with Crippen LogP contribution in [0.2, 0.25) is 0 Å². The van der Waals surface area contributed by atoms with Gasteiger partial charge in [0.25, 0.3) is 0 Å². The van der Waals surface area contributed by atoms with Crippen molar-refractivity contribution in [2.75, 3.05) is 6.54 Å². The van der Waals surface area contributed by atoms with E-state index in [9.17, 15) is 19.5 Å². The highest BCUT2D eigenvalue weighted by Gasteiger charge is 2.30. The topological polar surface area (TPSA) is 158 Å². The van der Waals surface area contributed by atoms with E-state index in [0.717, 1.165) is 11.1 Å². The summed E-state index contributed by atoms with van der Waals surface area (Å²) in [6, 6.07) is 16.9. The van der Waals surface area contributed by atoms with Gasteiger partial charge in [-0.2, -0.15) is 0 Å². The van der Waals surface area contributed by atoms with Gasteiger partial charge in [-0.3, -0.25) is 5.01 Å². The highest BCUT2D eigenvalue weighted by Crippen LogP contribution is 2.16. The summed E-state index contributed by atoms with van der Waals surface area (Å²) in [5.41, 5.74) is 13.3. The van der Waals surface area contributed by atoms with Crippen LogP contribution in [-0.2, 0) is 22.6 Å². The Morgan fingerprint density at radius 3 is 2.31 bits per heavy atom. The molecule has 0 fully saturated rings. The Labute approximate surface area is 203 Å². The van der Waals surface area contributed by atoms with Crippen LogP contribution in [0.25, 0.3) is 0 Å². The molecule has 0 radical (unpaired) electrons. The Balaban J connectivity index is 1.67. The van der Waals surface area contributed by atoms with Crippen molar-refractivity contribution in [3.05, 3.63) is 83.7 Å². The lowest BCUT2D eigenvalue weighted by atomic mass is 10.0. The Bertz CT molecular complexity index is 1020. The first kappa shape index (κ1) is 25.4. The molecule has 0 bridgehead atoms. The monoisotopic (exact) mass is 482 g/mol. The predicted octanol–water partition coefficient (Wildman–Crippen LogP) is 1.59. The molecule has 11 nitrogen and oxygen atoms in total. The summed E-state index contributed by atoms with van der Waals surface area (Å²) >= 11 is 0. The molecule has 3 amide bonds. The molecule has 0 saturated carbocycles. The molecule has 1 heterocycles. The minimum absolute atomic E-state index is 0.127. The van der Waals surface area contributed by atoms with Gasteiger partial charge >= 0.3 is 18.1 Å². The number of ether oxygens (including phenoxy) is 1. The number of carboxylic acid groups (broad SMARTS) is 1. The minimum atomic E-state index is -1.04. The van der Waals surface area contributed by atoms with E-state index >= 15 is 0 Å². The van der Waals surface area contributed by atoms with E-state index in [-0.39, 0.29) is 19.6 Å². The van der Waals surface area contributed by atoms with Crippen LogP contribution < -0.4 is 27.3 Å². The molecule has 2 atom stereocenters. The van der Waals surface area contributed by atoms with Crippen LogP contribution in [-0.4, -0.2) is 46.8 Å². The van der Waals surface area contributed by atoms with Gasteiger partial charge in [0.05, 0.1) is 11.7 Å². The maximum atomic E-state index is 12.6. The van der Waals surface area contributed by atoms with Crippen molar-refractivity contribution in [2.24, 2.45) is 5.73 Å². The van der Waals surface area contributed by atoms with E-state index in [4.69, 9.17) is 10.5 Å². The number of hydrogen-bond donors (Lipinski definition) is 6. The zero-order chi connectivity index (χ0) is 25.0. The lowest BCUT2D eigenvalue weighted by Gasteiger charge is -2.23. The normalized spacial score (nSPS) is 14.3. The summed E-state index contributed by atoms with van der Waals surface area (Å²) in [6.45, 7) is 0.393. The Morgan fingerprint density at radius 1 is 1.03 bits per heavy atom. The van der Waals surface area contributed by atoms with E-state index in [0.29, 0.717) is 18.5 Å². The number of hydrazine groups is 2. The molecule has 2 aromatic carbocycles. The molecular weight excluding hydrogens is 452 g/mol. The van der Waals surface area contributed by atoms with Gasteiger partial charge in [0.1, 0.15) is 12.6 Å². The second-order valence-corrected chi connectivity index (χ2v) is 7.96. The average molecular weight is 483 g/mol. The first-order valence-corrected chi connectivity index (χ1v) is 11.2. The zero-order valence-electron chi connectivity index (χ0n) is 19.1. The van der Waals surface area contributed by atoms with Gasteiger partial charge in [-0.05, 0) is 30.4 Å². The summed E-state index contributed by atoms with van der Waals surface area (Å²) in [7, 11) is 0. The van der Waals surface area contributed by atoms with Crippen molar-refractivity contribution in [1.82, 2.24) is 26.6 Å². The summed E-state index contributed by atoms with van der Waals surface area (Å²) in [5.74, 6) is -1.04. The number of amides is 3. The number of nitrogens with zero attached hydrogens (tertiary/aromatic N) is 1. The third kappa shape index (κ3) is 8.23. The van der Waals surface area contributed by atoms with Crippen LogP contribution in [0.4, 0.5) is 9.59 Å². The second kappa shape index (κ2) is 12.8. The molecule has 35 heavy (non-hydrogen) atoms. The zero-order valence-corrected chi connectivity index (χ0v) is 19.1. The molecule has 1 aliphatic rings.